The van der Waals surface area contributed by atoms with Gasteiger partial charge in [-0.2, -0.15) is 4.68 Å². The molecular formula is C21H27N4OS+. The molecule has 1 N–H and O–H groups in total. The van der Waals surface area contributed by atoms with Crippen LogP contribution in [0.15, 0.2) is 54.6 Å². The molecule has 1 aromatic heterocycles. The van der Waals surface area contributed by atoms with E-state index in [0.29, 0.717) is 6.61 Å². The number of ether oxygens (including phenoxy) is 1. The molecule has 0 aliphatic carbocycles. The minimum Gasteiger partial charge on any atom is -0.494 e. The fourth-order valence-corrected chi connectivity index (χ4v) is 3.48. The number of nitrogens with zero attached hydrogens (tertiary/aromatic N) is 3. The Labute approximate surface area is 165 Å². The Morgan fingerprint density at radius 2 is 1.74 bits per heavy atom. The lowest BCUT2D eigenvalue weighted by atomic mass is 10.2. The van der Waals surface area contributed by atoms with Crippen LogP contribution in [0.1, 0.15) is 19.4 Å². The standard InChI is InChI=1S/C21H26N4OS/c1-4-24-20(18-9-7-6-8-10-18)22-25(21(24)27)16-23(3)15-17-11-13-19(14-12-17)26-5-2/h6-14H,4-5,15-16H2,1-3H3/p+1. The quantitative estimate of drug-likeness (QED) is 0.607. The highest BCUT2D eigenvalue weighted by atomic mass is 32.1. The summed E-state index contributed by atoms with van der Waals surface area (Å²) < 4.78 is 10.3. The fourth-order valence-electron chi connectivity index (χ4n) is 3.16. The Hall–Kier alpha value is -2.44. The van der Waals surface area contributed by atoms with Crippen LogP contribution in [0.5, 0.6) is 5.75 Å². The summed E-state index contributed by atoms with van der Waals surface area (Å²) in [6.45, 7) is 7.21. The van der Waals surface area contributed by atoms with Crippen molar-refractivity contribution in [3.63, 3.8) is 0 Å². The van der Waals surface area contributed by atoms with Crippen molar-refractivity contribution in [1.82, 2.24) is 14.3 Å². The lowest BCUT2D eigenvalue weighted by molar-refractivity contribution is -0.917. The highest BCUT2D eigenvalue weighted by Crippen LogP contribution is 2.17. The van der Waals surface area contributed by atoms with Gasteiger partial charge in [0.2, 0.25) is 4.77 Å². The van der Waals surface area contributed by atoms with Crippen molar-refractivity contribution in [3.05, 3.63) is 64.9 Å². The summed E-state index contributed by atoms with van der Waals surface area (Å²) in [6.07, 6.45) is 0. The van der Waals surface area contributed by atoms with Gasteiger partial charge in [-0.05, 0) is 50.3 Å². The van der Waals surface area contributed by atoms with Gasteiger partial charge in [0.05, 0.1) is 13.7 Å². The number of rotatable bonds is 8. The number of benzene rings is 2. The molecule has 6 heteroatoms. The number of hydrogen-bond donors (Lipinski definition) is 1. The summed E-state index contributed by atoms with van der Waals surface area (Å²) in [7, 11) is 2.16. The average Bonchev–Trinajstić information content (AvgIpc) is 2.99. The van der Waals surface area contributed by atoms with Gasteiger partial charge in [-0.3, -0.25) is 0 Å². The van der Waals surface area contributed by atoms with Gasteiger partial charge in [-0.1, -0.05) is 30.3 Å². The average molecular weight is 384 g/mol. The minimum absolute atomic E-state index is 0.687. The van der Waals surface area contributed by atoms with Crippen LogP contribution in [0.2, 0.25) is 0 Å². The predicted octanol–water partition coefficient (Wildman–Crippen LogP) is 3.17. The predicted molar refractivity (Wildman–Crippen MR) is 110 cm³/mol. The smallest absolute Gasteiger partial charge is 0.203 e. The molecule has 0 bridgehead atoms. The maximum absolute atomic E-state index is 5.67. The molecule has 0 saturated heterocycles. The van der Waals surface area contributed by atoms with E-state index >= 15 is 0 Å². The third-order valence-electron chi connectivity index (χ3n) is 4.43. The molecule has 3 rings (SSSR count). The molecule has 1 heterocycles. The fraction of sp³-hybridized carbons (Fsp3) is 0.333. The van der Waals surface area contributed by atoms with Crippen molar-refractivity contribution in [2.24, 2.45) is 0 Å². The molecule has 0 fully saturated rings. The second kappa shape index (κ2) is 8.97. The molecule has 1 unspecified atom stereocenters. The van der Waals surface area contributed by atoms with Gasteiger partial charge < -0.3 is 14.2 Å². The van der Waals surface area contributed by atoms with Crippen LogP contribution in [0.4, 0.5) is 0 Å². The van der Waals surface area contributed by atoms with Crippen LogP contribution < -0.4 is 9.64 Å². The maximum Gasteiger partial charge on any atom is 0.203 e. The minimum atomic E-state index is 0.687. The Kier molecular flexibility index (Phi) is 6.42. The van der Waals surface area contributed by atoms with E-state index in [0.717, 1.165) is 41.7 Å². The number of quaternary nitrogens is 1. The van der Waals surface area contributed by atoms with E-state index in [2.05, 4.69) is 42.8 Å². The van der Waals surface area contributed by atoms with Gasteiger partial charge in [0.25, 0.3) is 0 Å². The van der Waals surface area contributed by atoms with Crippen LogP contribution in [-0.2, 0) is 19.8 Å². The molecule has 0 radical (unpaired) electrons. The molecule has 5 nitrogen and oxygen atoms in total. The first kappa shape index (κ1) is 19.3. The van der Waals surface area contributed by atoms with E-state index in [1.54, 1.807) is 0 Å². The first-order valence-electron chi connectivity index (χ1n) is 9.38. The van der Waals surface area contributed by atoms with Crippen molar-refractivity contribution in [3.8, 4) is 17.1 Å². The van der Waals surface area contributed by atoms with E-state index in [1.807, 2.05) is 41.9 Å². The molecule has 0 amide bonds. The van der Waals surface area contributed by atoms with Crippen LogP contribution in [-0.4, -0.2) is 28.0 Å². The molecule has 0 spiro atoms. The largest absolute Gasteiger partial charge is 0.494 e. The van der Waals surface area contributed by atoms with Crippen molar-refractivity contribution in [1.29, 1.82) is 0 Å². The summed E-state index contributed by atoms with van der Waals surface area (Å²) >= 11 is 5.67. The van der Waals surface area contributed by atoms with E-state index in [1.165, 1.54) is 10.5 Å². The third-order valence-corrected chi connectivity index (χ3v) is 4.86. The topological polar surface area (TPSA) is 36.4 Å². The monoisotopic (exact) mass is 383 g/mol. The van der Waals surface area contributed by atoms with Crippen LogP contribution in [0, 0.1) is 4.77 Å². The highest BCUT2D eigenvalue weighted by molar-refractivity contribution is 7.71. The van der Waals surface area contributed by atoms with Gasteiger partial charge in [0.15, 0.2) is 12.5 Å². The summed E-state index contributed by atoms with van der Waals surface area (Å²) in [6, 6.07) is 18.5. The molecular weight excluding hydrogens is 356 g/mol. The lowest BCUT2D eigenvalue weighted by Crippen LogP contribution is -3.07. The molecule has 3 aromatic rings. The molecule has 0 aliphatic rings. The van der Waals surface area contributed by atoms with Gasteiger partial charge in [0.1, 0.15) is 12.3 Å². The molecule has 2 aromatic carbocycles. The Morgan fingerprint density at radius 3 is 2.37 bits per heavy atom. The van der Waals surface area contributed by atoms with Crippen molar-refractivity contribution < 1.29 is 9.64 Å². The van der Waals surface area contributed by atoms with Crippen LogP contribution >= 0.6 is 12.2 Å². The van der Waals surface area contributed by atoms with Crippen molar-refractivity contribution >= 4 is 12.2 Å². The van der Waals surface area contributed by atoms with Gasteiger partial charge in [-0.25, -0.2) is 0 Å². The van der Waals surface area contributed by atoms with E-state index < -0.39 is 0 Å². The molecule has 0 aliphatic heterocycles. The summed E-state index contributed by atoms with van der Waals surface area (Å²) in [4.78, 5) is 1.32. The Morgan fingerprint density at radius 1 is 1.04 bits per heavy atom. The summed E-state index contributed by atoms with van der Waals surface area (Å²) in [5.41, 5.74) is 2.36. The zero-order valence-corrected chi connectivity index (χ0v) is 17.0. The Bertz CT molecular complexity index is 916. The molecule has 142 valence electrons. The summed E-state index contributed by atoms with van der Waals surface area (Å²) in [5, 5.41) is 4.81. The normalized spacial score (nSPS) is 12.1. The molecule has 27 heavy (non-hydrogen) atoms. The van der Waals surface area contributed by atoms with E-state index in [-0.39, 0.29) is 0 Å². The zero-order valence-electron chi connectivity index (χ0n) is 16.2. The van der Waals surface area contributed by atoms with Gasteiger partial charge in [0, 0.05) is 17.7 Å². The van der Waals surface area contributed by atoms with Crippen LogP contribution in [0.25, 0.3) is 11.4 Å². The van der Waals surface area contributed by atoms with E-state index in [4.69, 9.17) is 22.1 Å². The first-order valence-corrected chi connectivity index (χ1v) is 9.79. The molecule has 1 atom stereocenters. The second-order valence-electron chi connectivity index (χ2n) is 6.58. The SMILES string of the molecule is CCOc1ccc(C[NH+](C)Cn2nc(-c3ccccc3)n(CC)c2=S)cc1. The molecule has 0 saturated carbocycles. The van der Waals surface area contributed by atoms with Crippen molar-refractivity contribution in [2.45, 2.75) is 33.6 Å². The van der Waals surface area contributed by atoms with Gasteiger partial charge >= 0.3 is 0 Å². The first-order chi connectivity index (χ1) is 13.1. The number of nitrogens with one attached hydrogen (secondary N) is 1. The summed E-state index contributed by atoms with van der Waals surface area (Å²) in [5.74, 6) is 1.84. The second-order valence-corrected chi connectivity index (χ2v) is 6.95. The van der Waals surface area contributed by atoms with Crippen molar-refractivity contribution in [2.75, 3.05) is 13.7 Å². The van der Waals surface area contributed by atoms with E-state index in [9.17, 15) is 0 Å². The van der Waals surface area contributed by atoms with Gasteiger partial charge in [-0.15, -0.1) is 5.10 Å². The maximum atomic E-state index is 5.67. The zero-order chi connectivity index (χ0) is 19.2. The highest BCUT2D eigenvalue weighted by Gasteiger charge is 2.14. The number of aromatic nitrogens is 3. The lowest BCUT2D eigenvalue weighted by Gasteiger charge is -2.14. The third kappa shape index (κ3) is 4.64. The van der Waals surface area contributed by atoms with Crippen LogP contribution in [0.3, 0.4) is 0 Å². The number of hydrogen-bond acceptors (Lipinski definition) is 3. The Balaban J connectivity index is 1.75.